The Morgan fingerprint density at radius 2 is 1.46 bits per heavy atom. The molecular weight excluding hydrogens is 350 g/mol. The second-order valence-electron chi connectivity index (χ2n) is 7.44. The van der Waals surface area contributed by atoms with Gasteiger partial charge in [-0.15, -0.1) is 0 Å². The molecule has 6 nitrogen and oxygen atoms in total. The van der Waals surface area contributed by atoms with E-state index in [1.165, 1.54) is 0 Å². The molecule has 0 bridgehead atoms. The summed E-state index contributed by atoms with van der Waals surface area (Å²) in [5.74, 6) is 0.0438. The summed E-state index contributed by atoms with van der Waals surface area (Å²) in [4.78, 5) is 16.2. The Balaban J connectivity index is 2.23. The third-order valence-electron chi connectivity index (χ3n) is 5.51. The van der Waals surface area contributed by atoms with Gasteiger partial charge in [-0.25, -0.2) is 8.42 Å². The smallest absolute Gasteiger partial charge is 0.243 e. The number of piperazine rings is 1. The molecule has 0 spiro atoms. The maximum Gasteiger partial charge on any atom is 0.243 e. The van der Waals surface area contributed by atoms with Crippen LogP contribution < -0.4 is 0 Å². The van der Waals surface area contributed by atoms with E-state index in [2.05, 4.69) is 4.90 Å². The molecule has 0 aliphatic carbocycles. The predicted molar refractivity (Wildman–Crippen MR) is 104 cm³/mol. The van der Waals surface area contributed by atoms with Crippen LogP contribution in [0.5, 0.6) is 0 Å². The zero-order valence-corrected chi connectivity index (χ0v) is 17.8. The monoisotopic (exact) mass is 381 g/mol. The minimum absolute atomic E-state index is 0.0438. The van der Waals surface area contributed by atoms with E-state index in [9.17, 15) is 13.2 Å². The highest BCUT2D eigenvalue weighted by Gasteiger charge is 2.34. The van der Waals surface area contributed by atoms with Crippen LogP contribution in [-0.2, 0) is 14.8 Å². The average molecular weight is 382 g/mol. The molecule has 1 aromatic rings. The van der Waals surface area contributed by atoms with Crippen molar-refractivity contribution in [1.29, 1.82) is 0 Å². The molecule has 2 rings (SSSR count). The Labute approximate surface area is 157 Å². The standard InChI is InChI=1S/C19H31N3O3S/c1-13-12-14(2)16(4)18(15(13)3)26(24,25)22-10-8-21(9-11-22)17(5)19(23)20(6)7/h12,17H,8-11H2,1-7H3/t17-/m1/s1. The second kappa shape index (κ2) is 7.66. The van der Waals surface area contributed by atoms with E-state index in [1.54, 1.807) is 23.3 Å². The minimum atomic E-state index is -3.54. The van der Waals surface area contributed by atoms with Crippen LogP contribution in [-0.4, -0.2) is 74.7 Å². The molecule has 26 heavy (non-hydrogen) atoms. The number of rotatable bonds is 4. The molecule has 7 heteroatoms. The number of sulfonamides is 1. The topological polar surface area (TPSA) is 60.9 Å². The van der Waals surface area contributed by atoms with Gasteiger partial charge in [-0.05, 0) is 56.9 Å². The lowest BCUT2D eigenvalue weighted by Gasteiger charge is -2.37. The van der Waals surface area contributed by atoms with Gasteiger partial charge in [0, 0.05) is 40.3 Å². The maximum atomic E-state index is 13.3. The average Bonchev–Trinajstić information content (AvgIpc) is 2.58. The van der Waals surface area contributed by atoms with Crippen molar-refractivity contribution in [3.05, 3.63) is 28.3 Å². The summed E-state index contributed by atoms with van der Waals surface area (Å²) in [7, 11) is -0.0603. The van der Waals surface area contributed by atoms with Gasteiger partial charge in [0.2, 0.25) is 15.9 Å². The summed E-state index contributed by atoms with van der Waals surface area (Å²) in [5, 5.41) is 0. The van der Waals surface area contributed by atoms with Crippen molar-refractivity contribution in [2.24, 2.45) is 0 Å². The molecule has 1 atom stereocenters. The number of carbonyl (C=O) groups is 1. The fourth-order valence-corrected chi connectivity index (χ4v) is 5.56. The van der Waals surface area contributed by atoms with Gasteiger partial charge < -0.3 is 4.90 Å². The van der Waals surface area contributed by atoms with Crippen molar-refractivity contribution >= 4 is 15.9 Å². The molecule has 1 heterocycles. The largest absolute Gasteiger partial charge is 0.347 e. The Hall–Kier alpha value is -1.44. The summed E-state index contributed by atoms with van der Waals surface area (Å²) in [6.07, 6.45) is 0. The molecule has 1 aliphatic heterocycles. The van der Waals surface area contributed by atoms with Gasteiger partial charge in [0.25, 0.3) is 0 Å². The Bertz CT molecular complexity index is 768. The zero-order valence-electron chi connectivity index (χ0n) is 17.0. The highest BCUT2D eigenvalue weighted by molar-refractivity contribution is 7.89. The fourth-order valence-electron chi connectivity index (χ4n) is 3.56. The van der Waals surface area contributed by atoms with E-state index in [4.69, 9.17) is 0 Å². The number of hydrogen-bond acceptors (Lipinski definition) is 4. The molecule has 0 radical (unpaired) electrons. The van der Waals surface area contributed by atoms with Crippen molar-refractivity contribution in [2.75, 3.05) is 40.3 Å². The first kappa shape index (κ1) is 20.9. The highest BCUT2D eigenvalue weighted by Crippen LogP contribution is 2.29. The van der Waals surface area contributed by atoms with Crippen LogP contribution >= 0.6 is 0 Å². The third kappa shape index (κ3) is 3.80. The first-order valence-electron chi connectivity index (χ1n) is 9.01. The van der Waals surface area contributed by atoms with E-state index in [0.717, 1.165) is 22.3 Å². The lowest BCUT2D eigenvalue weighted by molar-refractivity contribution is -0.134. The number of likely N-dealkylation sites (N-methyl/N-ethyl adjacent to an activating group) is 1. The molecule has 0 aromatic heterocycles. The van der Waals surface area contributed by atoms with Gasteiger partial charge in [-0.1, -0.05) is 6.07 Å². The third-order valence-corrected chi connectivity index (χ3v) is 7.69. The number of benzene rings is 1. The van der Waals surface area contributed by atoms with Crippen molar-refractivity contribution in [1.82, 2.24) is 14.1 Å². The van der Waals surface area contributed by atoms with Crippen LogP contribution in [0.2, 0.25) is 0 Å². The van der Waals surface area contributed by atoms with Gasteiger partial charge >= 0.3 is 0 Å². The lowest BCUT2D eigenvalue weighted by Crippen LogP contribution is -2.54. The first-order chi connectivity index (χ1) is 12.0. The number of amides is 1. The Morgan fingerprint density at radius 1 is 1.00 bits per heavy atom. The lowest BCUT2D eigenvalue weighted by atomic mass is 10.0. The van der Waals surface area contributed by atoms with Gasteiger partial charge in [0.05, 0.1) is 10.9 Å². The summed E-state index contributed by atoms with van der Waals surface area (Å²) in [5.41, 5.74) is 3.64. The SMILES string of the molecule is Cc1cc(C)c(C)c(S(=O)(=O)N2CCN([C@H](C)C(=O)N(C)C)CC2)c1C. The fraction of sp³-hybridized carbons (Fsp3) is 0.632. The van der Waals surface area contributed by atoms with E-state index < -0.39 is 10.0 Å². The highest BCUT2D eigenvalue weighted by atomic mass is 32.2. The number of carbonyl (C=O) groups excluding carboxylic acids is 1. The van der Waals surface area contributed by atoms with Gasteiger partial charge in [0.15, 0.2) is 0 Å². The molecule has 0 unspecified atom stereocenters. The quantitative estimate of drug-likeness (QED) is 0.797. The zero-order chi connectivity index (χ0) is 19.8. The van der Waals surface area contributed by atoms with Crippen LogP contribution in [0.3, 0.4) is 0 Å². The molecule has 146 valence electrons. The number of hydrogen-bond donors (Lipinski definition) is 0. The van der Waals surface area contributed by atoms with Crippen molar-refractivity contribution in [3.63, 3.8) is 0 Å². The molecule has 0 saturated carbocycles. The minimum Gasteiger partial charge on any atom is -0.347 e. The maximum absolute atomic E-state index is 13.3. The van der Waals surface area contributed by atoms with E-state index >= 15 is 0 Å². The molecule has 1 aliphatic rings. The normalized spacial score (nSPS) is 18.0. The summed E-state index contributed by atoms with van der Waals surface area (Å²) in [6, 6.07) is 1.80. The Morgan fingerprint density at radius 3 is 1.88 bits per heavy atom. The molecule has 0 N–H and O–H groups in total. The van der Waals surface area contributed by atoms with E-state index in [0.29, 0.717) is 31.1 Å². The molecule has 1 saturated heterocycles. The van der Waals surface area contributed by atoms with Crippen LogP contribution in [0.1, 0.15) is 29.2 Å². The predicted octanol–water partition coefficient (Wildman–Crippen LogP) is 1.70. The molecule has 1 amide bonds. The number of aryl methyl sites for hydroxylation is 2. The van der Waals surface area contributed by atoms with Crippen molar-refractivity contribution in [2.45, 2.75) is 45.6 Å². The molecular formula is C19H31N3O3S. The van der Waals surface area contributed by atoms with Crippen molar-refractivity contribution in [3.8, 4) is 0 Å². The van der Waals surface area contributed by atoms with Gasteiger partial charge in [0.1, 0.15) is 0 Å². The van der Waals surface area contributed by atoms with E-state index in [-0.39, 0.29) is 11.9 Å². The molecule has 1 aromatic carbocycles. The van der Waals surface area contributed by atoms with Crippen LogP contribution in [0.15, 0.2) is 11.0 Å². The number of nitrogens with zero attached hydrogens (tertiary/aromatic N) is 3. The van der Waals surface area contributed by atoms with Crippen molar-refractivity contribution < 1.29 is 13.2 Å². The van der Waals surface area contributed by atoms with E-state index in [1.807, 2.05) is 40.7 Å². The van der Waals surface area contributed by atoms with Crippen LogP contribution in [0.4, 0.5) is 0 Å². The molecule has 1 fully saturated rings. The van der Waals surface area contributed by atoms with Gasteiger partial charge in [-0.3, -0.25) is 9.69 Å². The first-order valence-corrected chi connectivity index (χ1v) is 10.4. The van der Waals surface area contributed by atoms with Gasteiger partial charge in [-0.2, -0.15) is 4.31 Å². The van der Waals surface area contributed by atoms with Crippen LogP contribution in [0.25, 0.3) is 0 Å². The summed E-state index contributed by atoms with van der Waals surface area (Å²) in [6.45, 7) is 11.5. The second-order valence-corrected chi connectivity index (χ2v) is 9.31. The Kier molecular flexibility index (Phi) is 6.15. The summed E-state index contributed by atoms with van der Waals surface area (Å²) >= 11 is 0. The van der Waals surface area contributed by atoms with Crippen LogP contribution in [0, 0.1) is 27.7 Å². The summed E-state index contributed by atoms with van der Waals surface area (Å²) < 4.78 is 28.1.